The Labute approximate surface area is 164 Å². The second kappa shape index (κ2) is 7.28. The third kappa shape index (κ3) is 3.78. The van der Waals surface area contributed by atoms with Crippen molar-refractivity contribution in [3.63, 3.8) is 0 Å². The minimum Gasteiger partial charge on any atom is -0.459 e. The molecule has 1 N–H and O–H groups in total. The first-order chi connectivity index (χ1) is 13.3. The molecule has 5 nitrogen and oxygen atoms in total. The fourth-order valence-electron chi connectivity index (χ4n) is 3.60. The molecular formula is C15H16F9NO4S. The maximum absolute atomic E-state index is 13.8. The maximum atomic E-state index is 13.8. The lowest BCUT2D eigenvalue weighted by atomic mass is 9.93. The zero-order chi connectivity index (χ0) is 23.5. The Balaban J connectivity index is 2.25. The molecule has 0 heterocycles. The summed E-state index contributed by atoms with van der Waals surface area (Å²) in [6.45, 7) is 4.60. The average molecular weight is 477 g/mol. The Bertz CT molecular complexity index is 824. The molecule has 0 aromatic carbocycles. The predicted octanol–water partition coefficient (Wildman–Crippen LogP) is 3.62. The predicted molar refractivity (Wildman–Crippen MR) is 82.3 cm³/mol. The van der Waals surface area contributed by atoms with Crippen LogP contribution in [0.1, 0.15) is 26.2 Å². The molecule has 4 unspecified atom stereocenters. The third-order valence-corrected chi connectivity index (χ3v) is 6.66. The Kier molecular flexibility index (Phi) is 6.00. The van der Waals surface area contributed by atoms with Crippen molar-refractivity contribution in [3.05, 3.63) is 12.2 Å². The summed E-state index contributed by atoms with van der Waals surface area (Å²) in [6, 6.07) is -1.53. The number of hydrogen-bond donors (Lipinski definition) is 1. The molecule has 2 bridgehead atoms. The minimum absolute atomic E-state index is 0.0320. The molecule has 15 heteroatoms. The topological polar surface area (TPSA) is 72.5 Å². The zero-order valence-corrected chi connectivity index (χ0v) is 15.9. The highest BCUT2D eigenvalue weighted by molar-refractivity contribution is 7.90. The number of ether oxygens (including phenoxy) is 1. The summed E-state index contributed by atoms with van der Waals surface area (Å²) in [5.74, 6) is -16.8. The van der Waals surface area contributed by atoms with Crippen LogP contribution in [0.3, 0.4) is 0 Å². The van der Waals surface area contributed by atoms with Gasteiger partial charge in [-0.2, -0.15) is 39.5 Å². The lowest BCUT2D eigenvalue weighted by Crippen LogP contribution is -2.65. The summed E-state index contributed by atoms with van der Waals surface area (Å²) < 4.78 is 147. The molecule has 2 saturated carbocycles. The van der Waals surface area contributed by atoms with Crippen LogP contribution in [-0.4, -0.2) is 49.8 Å². The van der Waals surface area contributed by atoms with E-state index in [4.69, 9.17) is 4.74 Å². The van der Waals surface area contributed by atoms with E-state index in [-0.39, 0.29) is 30.8 Å². The van der Waals surface area contributed by atoms with Gasteiger partial charge in [0.25, 0.3) is 10.0 Å². The lowest BCUT2D eigenvalue weighted by molar-refractivity contribution is -0.382. The number of carbonyl (C=O) groups is 1. The van der Waals surface area contributed by atoms with Crippen LogP contribution in [0.15, 0.2) is 12.2 Å². The number of esters is 1. The van der Waals surface area contributed by atoms with Gasteiger partial charge in [0, 0.05) is 17.5 Å². The Hall–Kier alpha value is -1.51. The van der Waals surface area contributed by atoms with Crippen LogP contribution in [0.25, 0.3) is 0 Å². The molecule has 0 saturated heterocycles. The maximum Gasteiger partial charge on any atom is 0.460 e. The Morgan fingerprint density at radius 1 is 0.967 bits per heavy atom. The second-order valence-corrected chi connectivity index (χ2v) is 9.11. The van der Waals surface area contributed by atoms with Gasteiger partial charge < -0.3 is 4.74 Å². The summed E-state index contributed by atoms with van der Waals surface area (Å²) in [5, 5.41) is -6.80. The smallest absolute Gasteiger partial charge is 0.459 e. The zero-order valence-electron chi connectivity index (χ0n) is 15.1. The summed E-state index contributed by atoms with van der Waals surface area (Å²) >= 11 is 0. The highest BCUT2D eigenvalue weighted by atomic mass is 32.2. The van der Waals surface area contributed by atoms with Gasteiger partial charge in [-0.05, 0) is 32.1 Å². The number of fused-ring (bicyclic) bond motifs is 2. The first-order valence-electron chi connectivity index (χ1n) is 8.34. The molecule has 0 radical (unpaired) electrons. The summed E-state index contributed by atoms with van der Waals surface area (Å²) in [4.78, 5) is 11.6. The van der Waals surface area contributed by atoms with Crippen molar-refractivity contribution < 1.29 is 57.5 Å². The molecule has 2 rings (SSSR count). The van der Waals surface area contributed by atoms with Crippen LogP contribution >= 0.6 is 0 Å². The fraction of sp³-hybridized carbons (Fsp3) is 0.800. The number of sulfonamides is 1. The first-order valence-corrected chi connectivity index (χ1v) is 9.83. The first kappa shape index (κ1) is 24.8. The van der Waals surface area contributed by atoms with Gasteiger partial charge in [0.2, 0.25) is 0 Å². The van der Waals surface area contributed by atoms with Crippen molar-refractivity contribution in [1.82, 2.24) is 4.72 Å². The molecule has 0 aromatic rings. The normalized spacial score (nSPS) is 27.9. The van der Waals surface area contributed by atoms with Crippen LogP contribution in [0.5, 0.6) is 0 Å². The molecular weight excluding hydrogens is 461 g/mol. The molecule has 2 aliphatic rings. The third-order valence-electron chi connectivity index (χ3n) is 5.12. The van der Waals surface area contributed by atoms with E-state index in [9.17, 15) is 52.7 Å². The van der Waals surface area contributed by atoms with Gasteiger partial charge in [0.15, 0.2) is 0 Å². The number of hydrogen-bond acceptors (Lipinski definition) is 4. The molecule has 0 amide bonds. The van der Waals surface area contributed by atoms with Crippen LogP contribution in [0, 0.1) is 11.8 Å². The van der Waals surface area contributed by atoms with E-state index in [2.05, 4.69) is 6.58 Å². The highest BCUT2D eigenvalue weighted by Crippen LogP contribution is 2.55. The largest absolute Gasteiger partial charge is 0.460 e. The minimum atomic E-state index is -7.33. The molecule has 4 atom stereocenters. The van der Waals surface area contributed by atoms with E-state index in [0.29, 0.717) is 0 Å². The second-order valence-electron chi connectivity index (χ2n) is 7.35. The Morgan fingerprint density at radius 3 is 1.93 bits per heavy atom. The molecule has 174 valence electrons. The number of halogens is 9. The van der Waals surface area contributed by atoms with Gasteiger partial charge in [-0.15, -0.1) is 0 Å². The van der Waals surface area contributed by atoms with Crippen LogP contribution in [0.2, 0.25) is 0 Å². The summed E-state index contributed by atoms with van der Waals surface area (Å²) in [5.41, 5.74) is -0.0320. The standard InChI is InChI=1S/C15H16F9NO4S/c1-6(2)11(26)29-10-5-7-3-8(10)9(4-7)25-30(27,28)15(23,24)13(18,19)12(16,17)14(20,21)22/h7-10,25H,1,3-5H2,2H3. The number of rotatable bonds is 7. The number of carbonyl (C=O) groups excluding carboxylic acids is 1. The highest BCUT2D eigenvalue weighted by Gasteiger charge is 2.85. The van der Waals surface area contributed by atoms with Gasteiger partial charge in [0.05, 0.1) is 0 Å². The number of alkyl halides is 9. The van der Waals surface area contributed by atoms with E-state index < -0.39 is 57.3 Å². The van der Waals surface area contributed by atoms with Crippen LogP contribution in [-0.2, 0) is 19.6 Å². The fourth-order valence-corrected chi connectivity index (χ4v) is 4.88. The van der Waals surface area contributed by atoms with E-state index >= 15 is 0 Å². The van der Waals surface area contributed by atoms with E-state index in [0.717, 1.165) is 4.72 Å². The lowest BCUT2D eigenvalue weighted by Gasteiger charge is -2.35. The monoisotopic (exact) mass is 477 g/mol. The van der Waals surface area contributed by atoms with E-state index in [1.807, 2.05) is 0 Å². The van der Waals surface area contributed by atoms with Crippen molar-refractivity contribution in [2.75, 3.05) is 0 Å². The van der Waals surface area contributed by atoms with Gasteiger partial charge >= 0.3 is 29.2 Å². The molecule has 30 heavy (non-hydrogen) atoms. The van der Waals surface area contributed by atoms with Crippen LogP contribution in [0.4, 0.5) is 39.5 Å². The van der Waals surface area contributed by atoms with Crippen molar-refractivity contribution >= 4 is 16.0 Å². The summed E-state index contributed by atoms with van der Waals surface area (Å²) in [7, 11) is -6.71. The Morgan fingerprint density at radius 2 is 1.50 bits per heavy atom. The quantitative estimate of drug-likeness (QED) is 0.346. The SMILES string of the molecule is C=C(C)C(=O)OC1CC2CC(NS(=O)(=O)C(F)(F)C(F)(F)C(F)(F)C(F)(F)F)C1C2. The van der Waals surface area contributed by atoms with Crippen molar-refractivity contribution in [2.45, 2.75) is 61.6 Å². The van der Waals surface area contributed by atoms with Crippen molar-refractivity contribution in [1.29, 1.82) is 0 Å². The van der Waals surface area contributed by atoms with Gasteiger partial charge in [-0.1, -0.05) is 6.58 Å². The van der Waals surface area contributed by atoms with Crippen molar-refractivity contribution in [2.24, 2.45) is 11.8 Å². The van der Waals surface area contributed by atoms with Crippen molar-refractivity contribution in [3.8, 4) is 0 Å². The molecule has 0 spiro atoms. The van der Waals surface area contributed by atoms with E-state index in [1.54, 1.807) is 0 Å². The number of nitrogens with one attached hydrogen (secondary N) is 1. The molecule has 2 fully saturated rings. The molecule has 0 aliphatic heterocycles. The van der Waals surface area contributed by atoms with E-state index in [1.165, 1.54) is 6.92 Å². The van der Waals surface area contributed by atoms with Gasteiger partial charge in [0.1, 0.15) is 6.10 Å². The molecule has 0 aromatic heterocycles. The molecule has 2 aliphatic carbocycles. The van der Waals surface area contributed by atoms with Gasteiger partial charge in [-0.25, -0.2) is 17.9 Å². The van der Waals surface area contributed by atoms with Gasteiger partial charge in [-0.3, -0.25) is 0 Å². The summed E-state index contributed by atoms with van der Waals surface area (Å²) in [6.07, 6.45) is -7.96. The van der Waals surface area contributed by atoms with Crippen LogP contribution < -0.4 is 4.72 Å². The average Bonchev–Trinajstić information content (AvgIpc) is 3.12.